The van der Waals surface area contributed by atoms with Crippen molar-refractivity contribution in [2.75, 3.05) is 18.0 Å². The van der Waals surface area contributed by atoms with Crippen LogP contribution in [0.2, 0.25) is 5.02 Å². The number of anilines is 1. The van der Waals surface area contributed by atoms with Gasteiger partial charge in [-0.25, -0.2) is 13.1 Å². The second-order valence-electron chi connectivity index (χ2n) is 6.41. The summed E-state index contributed by atoms with van der Waals surface area (Å²) in [6, 6.07) is 17.8. The van der Waals surface area contributed by atoms with Crippen LogP contribution in [0.3, 0.4) is 0 Å². The summed E-state index contributed by atoms with van der Waals surface area (Å²) in [5, 5.41) is 0.496. The minimum Gasteiger partial charge on any atom is -0.467 e. The van der Waals surface area contributed by atoms with Gasteiger partial charge in [-0.15, -0.1) is 0 Å². The Morgan fingerprint density at radius 1 is 1.07 bits per heavy atom. The maximum Gasteiger partial charge on any atom is 0.240 e. The van der Waals surface area contributed by atoms with Crippen LogP contribution >= 0.6 is 11.6 Å². The van der Waals surface area contributed by atoms with E-state index in [1.165, 1.54) is 17.7 Å². The molecule has 27 heavy (non-hydrogen) atoms. The molecule has 1 atom stereocenters. The first-order valence-corrected chi connectivity index (χ1v) is 10.5. The van der Waals surface area contributed by atoms with E-state index < -0.39 is 10.0 Å². The van der Waals surface area contributed by atoms with E-state index in [0.717, 1.165) is 24.4 Å². The fourth-order valence-corrected chi connectivity index (χ4v) is 4.58. The van der Waals surface area contributed by atoms with Gasteiger partial charge in [-0.1, -0.05) is 29.8 Å². The second kappa shape index (κ2) is 7.38. The van der Waals surface area contributed by atoms with E-state index in [0.29, 0.717) is 5.02 Å². The molecular weight excluding hydrogens is 384 g/mol. The molecule has 0 aliphatic carbocycles. The lowest BCUT2D eigenvalue weighted by molar-refractivity contribution is 0.447. The Hall–Kier alpha value is -2.28. The van der Waals surface area contributed by atoms with Crippen LogP contribution in [0.1, 0.15) is 17.4 Å². The van der Waals surface area contributed by atoms with Gasteiger partial charge >= 0.3 is 0 Å². The van der Waals surface area contributed by atoms with Crippen LogP contribution in [-0.2, 0) is 16.4 Å². The van der Waals surface area contributed by atoms with Crippen molar-refractivity contribution in [2.45, 2.75) is 17.4 Å². The number of nitrogens with one attached hydrogen (secondary N) is 1. The Morgan fingerprint density at radius 3 is 2.59 bits per heavy atom. The predicted molar refractivity (Wildman–Crippen MR) is 106 cm³/mol. The second-order valence-corrected chi connectivity index (χ2v) is 8.61. The van der Waals surface area contributed by atoms with Gasteiger partial charge in [0.15, 0.2) is 0 Å². The summed E-state index contributed by atoms with van der Waals surface area (Å²) >= 11 is 5.86. The maximum atomic E-state index is 12.7. The summed E-state index contributed by atoms with van der Waals surface area (Å²) in [6.45, 7) is 1.01. The largest absolute Gasteiger partial charge is 0.467 e. The molecule has 1 aliphatic rings. The number of para-hydroxylation sites is 1. The van der Waals surface area contributed by atoms with Crippen molar-refractivity contribution in [3.8, 4) is 0 Å². The Balaban J connectivity index is 1.59. The molecule has 0 saturated heterocycles. The summed E-state index contributed by atoms with van der Waals surface area (Å²) in [7, 11) is -3.65. The van der Waals surface area contributed by atoms with Gasteiger partial charge in [-0.2, -0.15) is 0 Å². The molecule has 0 bridgehead atoms. The van der Waals surface area contributed by atoms with Crippen molar-refractivity contribution in [2.24, 2.45) is 0 Å². The van der Waals surface area contributed by atoms with E-state index in [1.54, 1.807) is 18.4 Å². The summed E-state index contributed by atoms with van der Waals surface area (Å²) in [4.78, 5) is 2.38. The highest BCUT2D eigenvalue weighted by molar-refractivity contribution is 7.89. The molecule has 1 N–H and O–H groups in total. The van der Waals surface area contributed by atoms with Gasteiger partial charge in [0.1, 0.15) is 11.8 Å². The standard InChI is InChI=1S/C20H19ClN2O3S/c21-16-7-9-17(10-8-16)27(24,25)22-14-19(20-6-3-13-26-20)23-12-11-15-4-1-2-5-18(15)23/h1-10,13,19,22H,11-12,14H2/t19-/m1/s1. The molecule has 7 heteroatoms. The highest BCUT2D eigenvalue weighted by atomic mass is 35.5. The Kier molecular flexibility index (Phi) is 4.95. The van der Waals surface area contributed by atoms with Gasteiger partial charge in [0.05, 0.1) is 11.2 Å². The highest BCUT2D eigenvalue weighted by Gasteiger charge is 2.30. The van der Waals surface area contributed by atoms with Crippen molar-refractivity contribution in [3.63, 3.8) is 0 Å². The topological polar surface area (TPSA) is 62.6 Å². The van der Waals surface area contributed by atoms with Gasteiger partial charge < -0.3 is 9.32 Å². The van der Waals surface area contributed by atoms with Gasteiger partial charge in [0, 0.05) is 23.8 Å². The normalized spacial score (nSPS) is 14.9. The zero-order valence-electron chi connectivity index (χ0n) is 14.5. The zero-order chi connectivity index (χ0) is 18.9. The first kappa shape index (κ1) is 18.1. The molecule has 0 spiro atoms. The molecule has 140 valence electrons. The molecule has 4 rings (SSSR count). The molecule has 1 aliphatic heterocycles. The molecule has 0 fully saturated rings. The van der Waals surface area contributed by atoms with Crippen LogP contribution in [0, 0.1) is 0 Å². The number of hydrogen-bond donors (Lipinski definition) is 1. The third-order valence-corrected chi connectivity index (χ3v) is 6.45. The fourth-order valence-electron chi connectivity index (χ4n) is 3.42. The van der Waals surface area contributed by atoms with Crippen molar-refractivity contribution in [3.05, 3.63) is 83.3 Å². The average molecular weight is 403 g/mol. The Morgan fingerprint density at radius 2 is 1.85 bits per heavy atom. The van der Waals surface area contributed by atoms with E-state index in [1.807, 2.05) is 24.3 Å². The minimum atomic E-state index is -3.65. The van der Waals surface area contributed by atoms with Crippen molar-refractivity contribution < 1.29 is 12.8 Å². The number of halogens is 1. The number of rotatable bonds is 6. The van der Waals surface area contributed by atoms with Gasteiger partial charge in [0.25, 0.3) is 0 Å². The maximum absolute atomic E-state index is 12.7. The van der Waals surface area contributed by atoms with Crippen LogP contribution in [-0.4, -0.2) is 21.5 Å². The number of nitrogens with zero attached hydrogens (tertiary/aromatic N) is 1. The monoisotopic (exact) mass is 402 g/mol. The lowest BCUT2D eigenvalue weighted by Gasteiger charge is -2.29. The first-order chi connectivity index (χ1) is 13.0. The third kappa shape index (κ3) is 3.74. The third-order valence-electron chi connectivity index (χ3n) is 4.76. The average Bonchev–Trinajstić information content (AvgIpc) is 3.33. The molecule has 2 heterocycles. The summed E-state index contributed by atoms with van der Waals surface area (Å²) in [5.74, 6) is 0.727. The number of fused-ring (bicyclic) bond motifs is 1. The number of sulfonamides is 1. The van der Waals surface area contributed by atoms with E-state index in [-0.39, 0.29) is 17.5 Å². The molecule has 1 aromatic heterocycles. The SMILES string of the molecule is O=S(=O)(NC[C@H](c1ccco1)N1CCc2ccccc21)c1ccc(Cl)cc1. The van der Waals surface area contributed by atoms with Crippen molar-refractivity contribution in [1.82, 2.24) is 4.72 Å². The lowest BCUT2D eigenvalue weighted by Crippen LogP contribution is -2.37. The molecule has 0 radical (unpaired) electrons. The number of hydrogen-bond acceptors (Lipinski definition) is 4. The quantitative estimate of drug-likeness (QED) is 0.676. The smallest absolute Gasteiger partial charge is 0.240 e. The minimum absolute atomic E-state index is 0.187. The van der Waals surface area contributed by atoms with E-state index in [4.69, 9.17) is 16.0 Å². The molecule has 0 unspecified atom stereocenters. The summed E-state index contributed by atoms with van der Waals surface area (Å²) in [5.41, 5.74) is 2.37. The van der Waals surface area contributed by atoms with E-state index in [2.05, 4.69) is 21.8 Å². The van der Waals surface area contributed by atoms with E-state index in [9.17, 15) is 8.42 Å². The molecule has 3 aromatic rings. The highest BCUT2D eigenvalue weighted by Crippen LogP contribution is 2.35. The molecule has 5 nitrogen and oxygen atoms in total. The van der Waals surface area contributed by atoms with Crippen LogP contribution in [0.15, 0.2) is 76.2 Å². The van der Waals surface area contributed by atoms with Crippen LogP contribution in [0.4, 0.5) is 5.69 Å². The van der Waals surface area contributed by atoms with Crippen molar-refractivity contribution in [1.29, 1.82) is 0 Å². The molecule has 0 amide bonds. The lowest BCUT2D eigenvalue weighted by atomic mass is 10.1. The molecule has 2 aromatic carbocycles. The molecular formula is C20H19ClN2O3S. The van der Waals surface area contributed by atoms with Crippen LogP contribution in [0.5, 0.6) is 0 Å². The fraction of sp³-hybridized carbons (Fsp3) is 0.200. The Bertz CT molecular complexity index is 1020. The number of furan rings is 1. The van der Waals surface area contributed by atoms with Crippen molar-refractivity contribution >= 4 is 27.3 Å². The van der Waals surface area contributed by atoms with Crippen LogP contribution in [0.25, 0.3) is 0 Å². The Labute approximate surface area is 163 Å². The van der Waals surface area contributed by atoms with Gasteiger partial charge in [-0.05, 0) is 54.4 Å². The first-order valence-electron chi connectivity index (χ1n) is 8.68. The molecule has 0 saturated carbocycles. The predicted octanol–water partition coefficient (Wildman–Crippen LogP) is 4.02. The van der Waals surface area contributed by atoms with Crippen LogP contribution < -0.4 is 9.62 Å². The van der Waals surface area contributed by atoms with E-state index >= 15 is 0 Å². The summed E-state index contributed by atoms with van der Waals surface area (Å²) < 4.78 is 33.7. The zero-order valence-corrected chi connectivity index (χ0v) is 16.1. The summed E-state index contributed by atoms with van der Waals surface area (Å²) in [6.07, 6.45) is 2.54. The van der Waals surface area contributed by atoms with Gasteiger partial charge in [0.2, 0.25) is 10.0 Å². The number of benzene rings is 2. The van der Waals surface area contributed by atoms with Gasteiger partial charge in [-0.3, -0.25) is 0 Å².